The molecule has 0 aliphatic heterocycles. The average Bonchev–Trinajstić information content (AvgIpc) is 2.98. The molecule has 17 heteroatoms. The molecule has 0 aromatic rings. The third kappa shape index (κ3) is 17.3. The van der Waals surface area contributed by atoms with Crippen LogP contribution in [-0.4, -0.2) is 100 Å². The zero-order valence-electron chi connectivity index (χ0n) is 26.1. The smallest absolute Gasteiger partial charge is 0.326 e. The Morgan fingerprint density at radius 3 is 1.53 bits per heavy atom. The van der Waals surface area contributed by atoms with E-state index in [9.17, 15) is 43.8 Å². The van der Waals surface area contributed by atoms with Gasteiger partial charge in [0, 0.05) is 12.8 Å². The molecule has 0 saturated carbocycles. The SMILES string of the molecule is CCC(C)C(NC(=O)C(CCC(=O)O)NC(=O)C(CCCCN)NC(=O)C(N)CCC(=O)O)C(=O)NC(CCCCN)C(=O)O. The van der Waals surface area contributed by atoms with Crippen LogP contribution in [0.15, 0.2) is 0 Å². The molecule has 258 valence electrons. The summed E-state index contributed by atoms with van der Waals surface area (Å²) >= 11 is 0. The number of nitrogens with one attached hydrogen (secondary N) is 4. The van der Waals surface area contributed by atoms with Crippen LogP contribution < -0.4 is 38.5 Å². The first-order valence-corrected chi connectivity index (χ1v) is 15.2. The summed E-state index contributed by atoms with van der Waals surface area (Å²) in [5, 5.41) is 37.6. The Morgan fingerprint density at radius 2 is 1.04 bits per heavy atom. The predicted octanol–water partition coefficient (Wildman–Crippen LogP) is -1.63. The van der Waals surface area contributed by atoms with Gasteiger partial charge in [-0.2, -0.15) is 0 Å². The molecule has 0 saturated heterocycles. The molecular weight excluding hydrogens is 594 g/mol. The van der Waals surface area contributed by atoms with E-state index in [-0.39, 0.29) is 32.1 Å². The summed E-state index contributed by atoms with van der Waals surface area (Å²) in [5.41, 5.74) is 16.8. The molecule has 6 atom stereocenters. The second-order valence-corrected chi connectivity index (χ2v) is 10.9. The van der Waals surface area contributed by atoms with Crippen LogP contribution in [0.4, 0.5) is 0 Å². The van der Waals surface area contributed by atoms with Crippen LogP contribution >= 0.6 is 0 Å². The van der Waals surface area contributed by atoms with Gasteiger partial charge in [0.1, 0.15) is 24.2 Å². The van der Waals surface area contributed by atoms with Crippen LogP contribution in [0.3, 0.4) is 0 Å². The van der Waals surface area contributed by atoms with Crippen LogP contribution in [0.2, 0.25) is 0 Å². The highest BCUT2D eigenvalue weighted by Crippen LogP contribution is 2.12. The van der Waals surface area contributed by atoms with Gasteiger partial charge in [-0.3, -0.25) is 28.8 Å². The van der Waals surface area contributed by atoms with Crippen molar-refractivity contribution in [3.05, 3.63) is 0 Å². The van der Waals surface area contributed by atoms with Crippen LogP contribution in [0.5, 0.6) is 0 Å². The predicted molar refractivity (Wildman–Crippen MR) is 162 cm³/mol. The van der Waals surface area contributed by atoms with Gasteiger partial charge >= 0.3 is 17.9 Å². The maximum atomic E-state index is 13.4. The van der Waals surface area contributed by atoms with E-state index in [4.69, 9.17) is 22.3 Å². The molecule has 0 fully saturated rings. The maximum Gasteiger partial charge on any atom is 0.326 e. The first-order chi connectivity index (χ1) is 21.2. The Labute approximate surface area is 262 Å². The normalized spacial score (nSPS) is 15.0. The van der Waals surface area contributed by atoms with Crippen molar-refractivity contribution in [3.63, 3.8) is 0 Å². The van der Waals surface area contributed by atoms with Crippen molar-refractivity contribution in [2.75, 3.05) is 13.1 Å². The highest BCUT2D eigenvalue weighted by molar-refractivity contribution is 5.95. The Bertz CT molecular complexity index is 997. The number of rotatable bonds is 25. The third-order valence-corrected chi connectivity index (χ3v) is 7.22. The average molecular weight is 646 g/mol. The van der Waals surface area contributed by atoms with Gasteiger partial charge in [-0.15, -0.1) is 0 Å². The summed E-state index contributed by atoms with van der Waals surface area (Å²) in [7, 11) is 0. The van der Waals surface area contributed by atoms with Gasteiger partial charge in [0.15, 0.2) is 0 Å². The lowest BCUT2D eigenvalue weighted by atomic mass is 9.96. The molecule has 0 aromatic carbocycles. The number of carbonyl (C=O) groups excluding carboxylic acids is 4. The van der Waals surface area contributed by atoms with E-state index in [1.54, 1.807) is 13.8 Å². The second-order valence-electron chi connectivity index (χ2n) is 10.9. The Morgan fingerprint density at radius 1 is 0.600 bits per heavy atom. The zero-order chi connectivity index (χ0) is 34.5. The van der Waals surface area contributed by atoms with Crippen molar-refractivity contribution in [1.29, 1.82) is 0 Å². The largest absolute Gasteiger partial charge is 0.481 e. The van der Waals surface area contributed by atoms with Crippen molar-refractivity contribution in [3.8, 4) is 0 Å². The minimum Gasteiger partial charge on any atom is -0.481 e. The molecule has 17 nitrogen and oxygen atoms in total. The number of unbranched alkanes of at least 4 members (excludes halogenated alkanes) is 2. The Hall–Kier alpha value is -3.83. The molecule has 0 aromatic heterocycles. The molecule has 45 heavy (non-hydrogen) atoms. The fourth-order valence-corrected chi connectivity index (χ4v) is 4.23. The van der Waals surface area contributed by atoms with Crippen molar-refractivity contribution in [2.24, 2.45) is 23.1 Å². The first kappa shape index (κ1) is 41.2. The van der Waals surface area contributed by atoms with E-state index in [1.165, 1.54) is 0 Å². The lowest BCUT2D eigenvalue weighted by molar-refractivity contribution is -0.143. The fourth-order valence-electron chi connectivity index (χ4n) is 4.23. The van der Waals surface area contributed by atoms with Crippen molar-refractivity contribution in [2.45, 2.75) is 115 Å². The number of hydrogen-bond acceptors (Lipinski definition) is 10. The van der Waals surface area contributed by atoms with E-state index in [0.717, 1.165) is 0 Å². The summed E-state index contributed by atoms with van der Waals surface area (Å²) in [6.45, 7) is 4.08. The van der Waals surface area contributed by atoms with Gasteiger partial charge in [0.2, 0.25) is 23.6 Å². The molecule has 0 rings (SSSR count). The number of carboxylic acids is 3. The van der Waals surface area contributed by atoms with Gasteiger partial charge in [-0.25, -0.2) is 4.79 Å². The number of amides is 4. The minimum absolute atomic E-state index is 0.0896. The molecule has 0 spiro atoms. The lowest BCUT2D eigenvalue weighted by Crippen LogP contribution is -2.59. The van der Waals surface area contributed by atoms with Crippen LogP contribution in [0.25, 0.3) is 0 Å². The van der Waals surface area contributed by atoms with Gasteiger partial charge in [0.25, 0.3) is 0 Å². The van der Waals surface area contributed by atoms with E-state index in [2.05, 4.69) is 21.3 Å². The summed E-state index contributed by atoms with van der Waals surface area (Å²) in [5.74, 6) is -7.40. The van der Waals surface area contributed by atoms with E-state index >= 15 is 0 Å². The van der Waals surface area contributed by atoms with Crippen LogP contribution in [0.1, 0.15) is 84.5 Å². The lowest BCUT2D eigenvalue weighted by Gasteiger charge is -2.28. The highest BCUT2D eigenvalue weighted by Gasteiger charge is 2.33. The van der Waals surface area contributed by atoms with Gasteiger partial charge in [0.05, 0.1) is 6.04 Å². The van der Waals surface area contributed by atoms with Gasteiger partial charge in [-0.1, -0.05) is 20.3 Å². The number of hydrogen-bond donors (Lipinski definition) is 10. The van der Waals surface area contributed by atoms with Crippen LogP contribution in [-0.2, 0) is 33.6 Å². The molecule has 6 unspecified atom stereocenters. The molecule has 4 amide bonds. The summed E-state index contributed by atoms with van der Waals surface area (Å²) in [6, 6.07) is -6.32. The summed E-state index contributed by atoms with van der Waals surface area (Å²) in [4.78, 5) is 86.4. The molecule has 0 radical (unpaired) electrons. The first-order valence-electron chi connectivity index (χ1n) is 15.2. The zero-order valence-corrected chi connectivity index (χ0v) is 26.1. The minimum atomic E-state index is -1.44. The van der Waals surface area contributed by atoms with Gasteiger partial charge < -0.3 is 53.8 Å². The number of carboxylic acid groups (broad SMARTS) is 3. The van der Waals surface area contributed by atoms with E-state index in [1.807, 2.05) is 0 Å². The van der Waals surface area contributed by atoms with Crippen molar-refractivity contribution in [1.82, 2.24) is 21.3 Å². The number of carbonyl (C=O) groups is 7. The van der Waals surface area contributed by atoms with Crippen LogP contribution in [0, 0.1) is 5.92 Å². The Balaban J connectivity index is 5.95. The number of aliphatic carboxylic acids is 3. The molecular formula is C28H51N7O10. The summed E-state index contributed by atoms with van der Waals surface area (Å²) in [6.07, 6.45) is 1.08. The molecule has 0 heterocycles. The quantitative estimate of drug-likeness (QED) is 0.0499. The third-order valence-electron chi connectivity index (χ3n) is 7.22. The van der Waals surface area contributed by atoms with Gasteiger partial charge in [-0.05, 0) is 70.4 Å². The van der Waals surface area contributed by atoms with E-state index < -0.39 is 84.1 Å². The number of nitrogens with two attached hydrogens (primary N) is 3. The molecule has 0 aliphatic rings. The molecule has 13 N–H and O–H groups in total. The fraction of sp³-hybridized carbons (Fsp3) is 0.750. The van der Waals surface area contributed by atoms with E-state index in [0.29, 0.717) is 45.2 Å². The standard InChI is InChI=1S/C28H51N7O10/c1-3-16(2)23(27(43)34-20(28(44)45)9-5-7-15-30)35-26(42)19(11-13-22(38)39)33-25(41)18(8-4-6-14-29)32-24(40)17(31)10-12-21(36)37/h16-20,23H,3-15,29-31H2,1-2H3,(H,32,40)(H,33,41)(H,34,43)(H,35,42)(H,36,37)(H,38,39)(H,44,45). The highest BCUT2D eigenvalue weighted by atomic mass is 16.4. The van der Waals surface area contributed by atoms with Crippen molar-refractivity contribution >= 4 is 41.5 Å². The molecule has 0 bridgehead atoms. The summed E-state index contributed by atoms with van der Waals surface area (Å²) < 4.78 is 0. The molecule has 0 aliphatic carbocycles. The maximum absolute atomic E-state index is 13.4. The monoisotopic (exact) mass is 645 g/mol. The Kier molecular flexibility index (Phi) is 20.7. The second kappa shape index (κ2) is 22.6. The topological polar surface area (TPSA) is 306 Å². The van der Waals surface area contributed by atoms with Crippen molar-refractivity contribution < 1.29 is 48.9 Å².